The molecule has 18 heavy (non-hydrogen) atoms. The summed E-state index contributed by atoms with van der Waals surface area (Å²) in [6, 6.07) is 9.47. The minimum atomic E-state index is -0.844. The van der Waals surface area contributed by atoms with Crippen molar-refractivity contribution < 1.29 is 9.90 Å². The lowest BCUT2D eigenvalue weighted by Crippen LogP contribution is -2.43. The normalized spacial score (nSPS) is 14.4. The SMILES string of the molecule is CCCCN(C)CC(C)(C(=O)O)c1ccccc1. The summed E-state index contributed by atoms with van der Waals surface area (Å²) in [5.41, 5.74) is 0.0184. The molecule has 0 aliphatic rings. The first-order chi connectivity index (χ1) is 8.50. The lowest BCUT2D eigenvalue weighted by atomic mass is 9.82. The molecule has 0 heterocycles. The zero-order valence-corrected chi connectivity index (χ0v) is 11.5. The molecule has 0 spiro atoms. The number of aliphatic carboxylic acids is 1. The van der Waals surface area contributed by atoms with Crippen molar-refractivity contribution in [3.05, 3.63) is 35.9 Å². The summed E-state index contributed by atoms with van der Waals surface area (Å²) < 4.78 is 0. The summed E-state index contributed by atoms with van der Waals surface area (Å²) in [6.07, 6.45) is 2.22. The van der Waals surface area contributed by atoms with Crippen molar-refractivity contribution in [3.8, 4) is 0 Å². The van der Waals surface area contributed by atoms with Gasteiger partial charge in [0.25, 0.3) is 0 Å². The highest BCUT2D eigenvalue weighted by molar-refractivity contribution is 5.81. The Labute approximate surface area is 109 Å². The monoisotopic (exact) mass is 249 g/mol. The van der Waals surface area contributed by atoms with Crippen molar-refractivity contribution in [1.82, 2.24) is 4.90 Å². The van der Waals surface area contributed by atoms with Gasteiger partial charge in [0.15, 0.2) is 0 Å². The number of benzene rings is 1. The topological polar surface area (TPSA) is 40.5 Å². The first-order valence-corrected chi connectivity index (χ1v) is 6.48. The minimum absolute atomic E-state index is 0.534. The fraction of sp³-hybridized carbons (Fsp3) is 0.533. The third kappa shape index (κ3) is 3.57. The number of likely N-dealkylation sites (N-methyl/N-ethyl adjacent to an activating group) is 1. The van der Waals surface area contributed by atoms with Gasteiger partial charge in [-0.05, 0) is 32.5 Å². The van der Waals surface area contributed by atoms with Gasteiger partial charge in [0.05, 0.1) is 0 Å². The number of rotatable bonds is 7. The van der Waals surface area contributed by atoms with Gasteiger partial charge in [-0.3, -0.25) is 4.79 Å². The Bertz CT molecular complexity index is 377. The van der Waals surface area contributed by atoms with Gasteiger partial charge in [0.2, 0.25) is 0 Å². The van der Waals surface area contributed by atoms with Crippen LogP contribution in [0.2, 0.25) is 0 Å². The number of carboxylic acids is 1. The summed E-state index contributed by atoms with van der Waals surface area (Å²) in [4.78, 5) is 13.7. The summed E-state index contributed by atoms with van der Waals surface area (Å²) >= 11 is 0. The van der Waals surface area contributed by atoms with Crippen LogP contribution in [0.15, 0.2) is 30.3 Å². The Morgan fingerprint density at radius 3 is 2.44 bits per heavy atom. The number of unbranched alkanes of at least 4 members (excludes halogenated alkanes) is 1. The third-order valence-corrected chi connectivity index (χ3v) is 3.36. The highest BCUT2D eigenvalue weighted by Gasteiger charge is 2.36. The van der Waals surface area contributed by atoms with Crippen molar-refractivity contribution in [2.75, 3.05) is 20.1 Å². The fourth-order valence-electron chi connectivity index (χ4n) is 2.14. The van der Waals surface area contributed by atoms with Gasteiger partial charge in [-0.25, -0.2) is 0 Å². The summed E-state index contributed by atoms with van der Waals surface area (Å²) in [6.45, 7) is 5.41. The zero-order chi connectivity index (χ0) is 13.6. The average molecular weight is 249 g/mol. The zero-order valence-electron chi connectivity index (χ0n) is 11.5. The van der Waals surface area contributed by atoms with E-state index in [9.17, 15) is 9.90 Å². The van der Waals surface area contributed by atoms with Crippen LogP contribution in [0.3, 0.4) is 0 Å². The molecule has 0 aliphatic heterocycles. The molecule has 0 aliphatic carbocycles. The van der Waals surface area contributed by atoms with Crippen LogP contribution in [0.1, 0.15) is 32.3 Å². The first kappa shape index (κ1) is 14.7. The maximum absolute atomic E-state index is 11.6. The lowest BCUT2D eigenvalue weighted by Gasteiger charge is -2.30. The number of hydrogen-bond acceptors (Lipinski definition) is 2. The molecule has 1 aromatic carbocycles. The molecule has 3 heteroatoms. The molecule has 0 fully saturated rings. The quantitative estimate of drug-likeness (QED) is 0.807. The standard InChI is InChI=1S/C15H23NO2/c1-4-5-11-16(3)12-15(2,14(17)18)13-9-7-6-8-10-13/h6-10H,4-5,11-12H2,1-3H3,(H,17,18). The Hall–Kier alpha value is -1.35. The lowest BCUT2D eigenvalue weighted by molar-refractivity contribution is -0.143. The van der Waals surface area contributed by atoms with Crippen LogP contribution in [-0.4, -0.2) is 36.1 Å². The Kier molecular flexibility index (Phi) is 5.35. The Morgan fingerprint density at radius 1 is 1.33 bits per heavy atom. The predicted octanol–water partition coefficient (Wildman–Crippen LogP) is 2.76. The van der Waals surface area contributed by atoms with Gasteiger partial charge in [-0.1, -0.05) is 43.7 Å². The first-order valence-electron chi connectivity index (χ1n) is 6.48. The van der Waals surface area contributed by atoms with E-state index in [-0.39, 0.29) is 0 Å². The van der Waals surface area contributed by atoms with E-state index in [2.05, 4.69) is 11.8 Å². The van der Waals surface area contributed by atoms with Crippen molar-refractivity contribution in [3.63, 3.8) is 0 Å². The van der Waals surface area contributed by atoms with Crippen LogP contribution in [-0.2, 0) is 10.2 Å². The maximum atomic E-state index is 11.6. The van der Waals surface area contributed by atoms with E-state index in [0.29, 0.717) is 6.54 Å². The van der Waals surface area contributed by atoms with Crippen LogP contribution in [0, 0.1) is 0 Å². The number of carboxylic acid groups (broad SMARTS) is 1. The molecule has 1 atom stereocenters. The molecule has 0 aromatic heterocycles. The maximum Gasteiger partial charge on any atom is 0.315 e. The smallest absolute Gasteiger partial charge is 0.315 e. The van der Waals surface area contributed by atoms with E-state index in [1.165, 1.54) is 0 Å². The van der Waals surface area contributed by atoms with Gasteiger partial charge in [0, 0.05) is 6.54 Å². The molecular formula is C15H23NO2. The number of carbonyl (C=O) groups is 1. The van der Waals surface area contributed by atoms with E-state index < -0.39 is 11.4 Å². The minimum Gasteiger partial charge on any atom is -0.481 e. The third-order valence-electron chi connectivity index (χ3n) is 3.36. The molecule has 0 saturated carbocycles. The van der Waals surface area contributed by atoms with Gasteiger partial charge in [-0.2, -0.15) is 0 Å². The molecule has 1 N–H and O–H groups in total. The van der Waals surface area contributed by atoms with Gasteiger partial charge in [-0.15, -0.1) is 0 Å². The van der Waals surface area contributed by atoms with Crippen molar-refractivity contribution in [2.24, 2.45) is 0 Å². The van der Waals surface area contributed by atoms with Crippen molar-refractivity contribution in [1.29, 1.82) is 0 Å². The summed E-state index contributed by atoms with van der Waals surface area (Å²) in [5.74, 6) is -0.767. The van der Waals surface area contributed by atoms with E-state index in [4.69, 9.17) is 0 Å². The molecule has 1 rings (SSSR count). The van der Waals surface area contributed by atoms with Crippen LogP contribution >= 0.6 is 0 Å². The van der Waals surface area contributed by atoms with E-state index in [1.54, 1.807) is 6.92 Å². The van der Waals surface area contributed by atoms with Crippen LogP contribution in [0.4, 0.5) is 0 Å². The second-order valence-corrected chi connectivity index (χ2v) is 5.09. The number of nitrogens with zero attached hydrogens (tertiary/aromatic N) is 1. The molecule has 0 bridgehead atoms. The highest BCUT2D eigenvalue weighted by atomic mass is 16.4. The van der Waals surface area contributed by atoms with Crippen LogP contribution in [0.5, 0.6) is 0 Å². The van der Waals surface area contributed by atoms with Gasteiger partial charge >= 0.3 is 5.97 Å². The van der Waals surface area contributed by atoms with Crippen molar-refractivity contribution >= 4 is 5.97 Å². The predicted molar refractivity (Wildman–Crippen MR) is 73.8 cm³/mol. The van der Waals surface area contributed by atoms with E-state index in [0.717, 1.165) is 24.9 Å². The summed E-state index contributed by atoms with van der Waals surface area (Å²) in [5, 5.41) is 9.53. The molecule has 1 aromatic rings. The molecular weight excluding hydrogens is 226 g/mol. The van der Waals surface area contributed by atoms with E-state index >= 15 is 0 Å². The average Bonchev–Trinajstić information content (AvgIpc) is 2.37. The van der Waals surface area contributed by atoms with Crippen molar-refractivity contribution in [2.45, 2.75) is 32.1 Å². The van der Waals surface area contributed by atoms with Gasteiger partial charge in [0.1, 0.15) is 5.41 Å². The fourth-order valence-corrected chi connectivity index (χ4v) is 2.14. The molecule has 0 saturated heterocycles. The molecule has 100 valence electrons. The second kappa shape index (κ2) is 6.55. The van der Waals surface area contributed by atoms with Crippen LogP contribution in [0.25, 0.3) is 0 Å². The van der Waals surface area contributed by atoms with Gasteiger partial charge < -0.3 is 10.0 Å². The highest BCUT2D eigenvalue weighted by Crippen LogP contribution is 2.25. The number of hydrogen-bond donors (Lipinski definition) is 1. The second-order valence-electron chi connectivity index (χ2n) is 5.09. The molecule has 0 amide bonds. The largest absolute Gasteiger partial charge is 0.481 e. The molecule has 0 radical (unpaired) electrons. The summed E-state index contributed by atoms with van der Waals surface area (Å²) in [7, 11) is 1.99. The Morgan fingerprint density at radius 2 is 1.94 bits per heavy atom. The Balaban J connectivity index is 2.85. The molecule has 1 unspecified atom stereocenters. The molecule has 3 nitrogen and oxygen atoms in total. The van der Waals surface area contributed by atoms with E-state index in [1.807, 2.05) is 37.4 Å². The van der Waals surface area contributed by atoms with Crippen LogP contribution < -0.4 is 0 Å².